The Morgan fingerprint density at radius 3 is 2.36 bits per heavy atom. The highest BCUT2D eigenvalue weighted by Gasteiger charge is 2.06. The molecule has 0 fully saturated rings. The van der Waals surface area contributed by atoms with E-state index in [0.29, 0.717) is 17.2 Å². The third-order valence-corrected chi connectivity index (χ3v) is 3.45. The highest BCUT2D eigenvalue weighted by atomic mass is 19.2. The molecule has 2 aromatic carbocycles. The van der Waals surface area contributed by atoms with Crippen molar-refractivity contribution in [1.29, 1.82) is 0 Å². The van der Waals surface area contributed by atoms with Gasteiger partial charge in [0.25, 0.3) is 0 Å². The van der Waals surface area contributed by atoms with Crippen molar-refractivity contribution in [2.45, 2.75) is 6.42 Å². The van der Waals surface area contributed by atoms with Crippen LogP contribution >= 0.6 is 0 Å². The second-order valence-electron chi connectivity index (χ2n) is 5.40. The van der Waals surface area contributed by atoms with Crippen molar-refractivity contribution in [3.8, 4) is 0 Å². The molecule has 2 N–H and O–H groups in total. The average Bonchev–Trinajstić information content (AvgIpc) is 2.61. The van der Waals surface area contributed by atoms with E-state index in [4.69, 9.17) is 0 Å². The molecule has 0 aliphatic heterocycles. The minimum absolute atomic E-state index is 0.144. The van der Waals surface area contributed by atoms with Crippen molar-refractivity contribution in [1.82, 2.24) is 4.98 Å². The number of aromatic nitrogens is 1. The molecule has 0 aliphatic carbocycles. The van der Waals surface area contributed by atoms with Crippen LogP contribution in [0.4, 0.5) is 26.0 Å². The van der Waals surface area contributed by atoms with Crippen LogP contribution in [-0.2, 0) is 11.2 Å². The van der Waals surface area contributed by atoms with Gasteiger partial charge in [0.05, 0.1) is 18.3 Å². The summed E-state index contributed by atoms with van der Waals surface area (Å²) in [5.41, 5.74) is 1.86. The summed E-state index contributed by atoms with van der Waals surface area (Å²) in [5, 5.41) is 5.62. The van der Waals surface area contributed by atoms with E-state index in [0.717, 1.165) is 17.7 Å². The van der Waals surface area contributed by atoms with Crippen LogP contribution in [0.2, 0.25) is 0 Å². The van der Waals surface area contributed by atoms with E-state index in [1.165, 1.54) is 12.3 Å². The molecule has 0 bridgehead atoms. The van der Waals surface area contributed by atoms with Gasteiger partial charge in [-0.05, 0) is 29.8 Å². The number of hydrogen-bond donors (Lipinski definition) is 2. The molecule has 0 unspecified atom stereocenters. The second kappa shape index (κ2) is 7.53. The maximum absolute atomic E-state index is 13.2. The van der Waals surface area contributed by atoms with Crippen LogP contribution in [0.1, 0.15) is 5.56 Å². The first kappa shape index (κ1) is 16.6. The summed E-state index contributed by atoms with van der Waals surface area (Å²) in [6.07, 6.45) is 1.76. The molecule has 6 heteroatoms. The van der Waals surface area contributed by atoms with E-state index >= 15 is 0 Å². The van der Waals surface area contributed by atoms with Gasteiger partial charge in [-0.25, -0.2) is 13.8 Å². The van der Waals surface area contributed by atoms with Crippen molar-refractivity contribution in [3.05, 3.63) is 84.1 Å². The fourth-order valence-electron chi connectivity index (χ4n) is 2.25. The Bertz CT molecular complexity index is 868. The minimum atomic E-state index is -0.935. The van der Waals surface area contributed by atoms with Gasteiger partial charge in [0.2, 0.25) is 5.91 Å². The van der Waals surface area contributed by atoms with Gasteiger partial charge in [0, 0.05) is 11.8 Å². The molecule has 4 nitrogen and oxygen atoms in total. The highest BCUT2D eigenvalue weighted by molar-refractivity contribution is 5.92. The topological polar surface area (TPSA) is 54.0 Å². The smallest absolute Gasteiger partial charge is 0.228 e. The lowest BCUT2D eigenvalue weighted by Crippen LogP contribution is -2.14. The standard InChI is InChI=1S/C19H15F2N3O/c20-16-8-6-14(11-17(16)21)23-18-9-7-15(12-22-18)24-19(25)10-13-4-2-1-3-5-13/h1-9,11-12H,10H2,(H,22,23)(H,24,25). The lowest BCUT2D eigenvalue weighted by molar-refractivity contribution is -0.115. The first-order chi connectivity index (χ1) is 12.1. The molecule has 0 atom stereocenters. The number of rotatable bonds is 5. The lowest BCUT2D eigenvalue weighted by atomic mass is 10.1. The van der Waals surface area contributed by atoms with Gasteiger partial charge in [0.1, 0.15) is 5.82 Å². The number of anilines is 3. The van der Waals surface area contributed by atoms with Gasteiger partial charge in [-0.3, -0.25) is 4.79 Å². The molecule has 0 radical (unpaired) electrons. The zero-order valence-electron chi connectivity index (χ0n) is 13.2. The predicted molar refractivity (Wildman–Crippen MR) is 92.7 cm³/mol. The fraction of sp³-hybridized carbons (Fsp3) is 0.0526. The lowest BCUT2D eigenvalue weighted by Gasteiger charge is -2.08. The van der Waals surface area contributed by atoms with Crippen LogP contribution in [0.15, 0.2) is 66.9 Å². The molecule has 126 valence electrons. The van der Waals surface area contributed by atoms with Crippen molar-refractivity contribution in [2.75, 3.05) is 10.6 Å². The summed E-state index contributed by atoms with van der Waals surface area (Å²) >= 11 is 0. The molecule has 1 amide bonds. The Labute approximate surface area is 143 Å². The van der Waals surface area contributed by atoms with Gasteiger partial charge >= 0.3 is 0 Å². The van der Waals surface area contributed by atoms with Gasteiger partial charge < -0.3 is 10.6 Å². The highest BCUT2D eigenvalue weighted by Crippen LogP contribution is 2.18. The van der Waals surface area contributed by atoms with Gasteiger partial charge in [0.15, 0.2) is 11.6 Å². The number of amides is 1. The quantitative estimate of drug-likeness (QED) is 0.729. The Morgan fingerprint density at radius 2 is 1.68 bits per heavy atom. The zero-order valence-corrected chi connectivity index (χ0v) is 13.2. The van der Waals surface area contributed by atoms with E-state index in [2.05, 4.69) is 15.6 Å². The number of nitrogens with zero attached hydrogens (tertiary/aromatic N) is 1. The molecule has 0 aliphatic rings. The molecule has 25 heavy (non-hydrogen) atoms. The summed E-state index contributed by atoms with van der Waals surface area (Å²) in [6.45, 7) is 0. The largest absolute Gasteiger partial charge is 0.340 e. The fourth-order valence-corrected chi connectivity index (χ4v) is 2.25. The van der Waals surface area contributed by atoms with Crippen molar-refractivity contribution < 1.29 is 13.6 Å². The first-order valence-corrected chi connectivity index (χ1v) is 7.62. The van der Waals surface area contributed by atoms with Gasteiger partial charge in [-0.2, -0.15) is 0 Å². The number of carbonyl (C=O) groups is 1. The Morgan fingerprint density at radius 1 is 0.920 bits per heavy atom. The van der Waals surface area contributed by atoms with Crippen LogP contribution in [0.5, 0.6) is 0 Å². The number of nitrogens with one attached hydrogen (secondary N) is 2. The third kappa shape index (κ3) is 4.60. The van der Waals surface area contributed by atoms with Gasteiger partial charge in [-0.15, -0.1) is 0 Å². The molecular weight excluding hydrogens is 324 g/mol. The predicted octanol–water partition coefficient (Wildman–Crippen LogP) is 4.28. The molecule has 1 aromatic heterocycles. The third-order valence-electron chi connectivity index (χ3n) is 3.45. The Balaban J connectivity index is 1.60. The summed E-state index contributed by atoms with van der Waals surface area (Å²) in [6, 6.07) is 16.2. The summed E-state index contributed by atoms with van der Waals surface area (Å²) in [7, 11) is 0. The summed E-state index contributed by atoms with van der Waals surface area (Å²) in [5.74, 6) is -1.54. The van der Waals surface area contributed by atoms with E-state index in [1.807, 2.05) is 30.3 Å². The first-order valence-electron chi connectivity index (χ1n) is 7.62. The second-order valence-corrected chi connectivity index (χ2v) is 5.40. The van der Waals surface area contributed by atoms with Gasteiger partial charge in [-0.1, -0.05) is 30.3 Å². The van der Waals surface area contributed by atoms with E-state index in [1.54, 1.807) is 12.1 Å². The number of benzene rings is 2. The van der Waals surface area contributed by atoms with Crippen LogP contribution < -0.4 is 10.6 Å². The van der Waals surface area contributed by atoms with Crippen LogP contribution in [-0.4, -0.2) is 10.9 Å². The van der Waals surface area contributed by atoms with Crippen molar-refractivity contribution >= 4 is 23.1 Å². The van der Waals surface area contributed by atoms with E-state index in [9.17, 15) is 13.6 Å². The molecule has 0 saturated heterocycles. The van der Waals surface area contributed by atoms with Crippen LogP contribution in [0.3, 0.4) is 0 Å². The maximum Gasteiger partial charge on any atom is 0.228 e. The molecule has 0 spiro atoms. The molecule has 1 heterocycles. The molecular formula is C19H15F2N3O. The summed E-state index contributed by atoms with van der Waals surface area (Å²) in [4.78, 5) is 16.1. The average molecular weight is 339 g/mol. The number of hydrogen-bond acceptors (Lipinski definition) is 3. The monoisotopic (exact) mass is 339 g/mol. The Kier molecular flexibility index (Phi) is 4.99. The van der Waals surface area contributed by atoms with Crippen molar-refractivity contribution in [3.63, 3.8) is 0 Å². The van der Waals surface area contributed by atoms with E-state index < -0.39 is 11.6 Å². The normalized spacial score (nSPS) is 10.3. The number of pyridine rings is 1. The number of halogens is 2. The zero-order chi connectivity index (χ0) is 17.6. The minimum Gasteiger partial charge on any atom is -0.340 e. The van der Waals surface area contributed by atoms with Crippen molar-refractivity contribution in [2.24, 2.45) is 0 Å². The summed E-state index contributed by atoms with van der Waals surface area (Å²) < 4.78 is 26.1. The molecule has 0 saturated carbocycles. The molecule has 3 aromatic rings. The van der Waals surface area contributed by atoms with Crippen LogP contribution in [0, 0.1) is 11.6 Å². The Hall–Kier alpha value is -3.28. The molecule has 3 rings (SSSR count). The SMILES string of the molecule is O=C(Cc1ccccc1)Nc1ccc(Nc2ccc(F)c(F)c2)nc1. The maximum atomic E-state index is 13.2. The van der Waals surface area contributed by atoms with Crippen LogP contribution in [0.25, 0.3) is 0 Å². The van der Waals surface area contributed by atoms with E-state index in [-0.39, 0.29) is 12.3 Å². The number of carbonyl (C=O) groups excluding carboxylic acids is 1.